The molecule has 0 aromatic heterocycles. The maximum absolute atomic E-state index is 12.7. The minimum Gasteiger partial charge on any atom is -0.327 e. The van der Waals surface area contributed by atoms with Crippen LogP contribution in [-0.2, 0) is 4.79 Å². The summed E-state index contributed by atoms with van der Waals surface area (Å²) in [7, 11) is 0. The molecule has 0 aliphatic carbocycles. The number of thiocarbonyl (C=S) groups is 1. The van der Waals surface area contributed by atoms with Crippen molar-refractivity contribution in [3.63, 3.8) is 0 Å². The lowest BCUT2D eigenvalue weighted by Crippen LogP contribution is -2.30. The highest BCUT2D eigenvalue weighted by Gasteiger charge is 2.31. The molecule has 1 heterocycles. The van der Waals surface area contributed by atoms with Crippen LogP contribution in [-0.4, -0.2) is 11.0 Å². The Morgan fingerprint density at radius 2 is 1.67 bits per heavy atom. The van der Waals surface area contributed by atoms with Crippen molar-refractivity contribution >= 4 is 35.0 Å². The molecule has 0 unspecified atom stereocenters. The van der Waals surface area contributed by atoms with Crippen molar-refractivity contribution in [1.29, 1.82) is 0 Å². The topological polar surface area (TPSA) is 32.3 Å². The number of carbonyl (C=O) groups is 1. The molecule has 122 valence electrons. The summed E-state index contributed by atoms with van der Waals surface area (Å²) in [5.74, 6) is 0.360. The van der Waals surface area contributed by atoms with Crippen LogP contribution in [0.4, 0.5) is 5.69 Å². The largest absolute Gasteiger partial charge is 0.327 e. The molecule has 1 N–H and O–H groups in total. The van der Waals surface area contributed by atoms with E-state index in [9.17, 15) is 4.79 Å². The molecule has 1 aliphatic rings. The Bertz CT molecular complexity index is 805. The predicted molar refractivity (Wildman–Crippen MR) is 103 cm³/mol. The Labute approximate surface area is 148 Å². The molecule has 3 nitrogen and oxygen atoms in total. The number of nitrogens with one attached hydrogen (secondary N) is 1. The molecule has 0 atom stereocenters. The number of anilines is 1. The molecular formula is C20H20N2OS. The summed E-state index contributed by atoms with van der Waals surface area (Å²) in [6, 6.07) is 16.0. The molecule has 0 bridgehead atoms. The van der Waals surface area contributed by atoms with Crippen LogP contribution >= 0.6 is 12.2 Å². The molecule has 0 spiro atoms. The van der Waals surface area contributed by atoms with Gasteiger partial charge in [-0.05, 0) is 54.4 Å². The third kappa shape index (κ3) is 3.24. The first kappa shape index (κ1) is 16.4. The quantitative estimate of drug-likeness (QED) is 0.667. The highest BCUT2D eigenvalue weighted by molar-refractivity contribution is 7.80. The van der Waals surface area contributed by atoms with E-state index in [0.717, 1.165) is 16.8 Å². The van der Waals surface area contributed by atoms with E-state index in [4.69, 9.17) is 12.2 Å². The molecule has 2 aromatic rings. The minimum absolute atomic E-state index is 0.128. The average molecular weight is 336 g/mol. The van der Waals surface area contributed by atoms with Gasteiger partial charge in [0, 0.05) is 0 Å². The maximum atomic E-state index is 12.7. The zero-order valence-electron chi connectivity index (χ0n) is 14.0. The van der Waals surface area contributed by atoms with Crippen molar-refractivity contribution in [1.82, 2.24) is 5.32 Å². The number of amides is 1. The van der Waals surface area contributed by atoms with Gasteiger partial charge in [-0.3, -0.25) is 9.69 Å². The molecule has 1 saturated heterocycles. The van der Waals surface area contributed by atoms with E-state index >= 15 is 0 Å². The summed E-state index contributed by atoms with van der Waals surface area (Å²) in [5, 5.41) is 3.43. The molecule has 4 heteroatoms. The van der Waals surface area contributed by atoms with Crippen LogP contribution < -0.4 is 10.2 Å². The third-order valence-electron chi connectivity index (χ3n) is 4.08. The second-order valence-electron chi connectivity index (χ2n) is 6.29. The first-order valence-corrected chi connectivity index (χ1v) is 8.40. The zero-order valence-corrected chi connectivity index (χ0v) is 14.9. The van der Waals surface area contributed by atoms with Crippen molar-refractivity contribution in [2.75, 3.05) is 4.90 Å². The van der Waals surface area contributed by atoms with E-state index in [1.807, 2.05) is 49.4 Å². The van der Waals surface area contributed by atoms with Gasteiger partial charge in [0.2, 0.25) is 0 Å². The lowest BCUT2D eigenvalue weighted by Gasteiger charge is -2.13. The summed E-state index contributed by atoms with van der Waals surface area (Å²) in [4.78, 5) is 14.2. The van der Waals surface area contributed by atoms with E-state index in [-0.39, 0.29) is 5.91 Å². The van der Waals surface area contributed by atoms with Gasteiger partial charge in [-0.25, -0.2) is 0 Å². The number of nitrogens with zero attached hydrogens (tertiary/aromatic N) is 1. The van der Waals surface area contributed by atoms with Crippen molar-refractivity contribution in [2.45, 2.75) is 26.7 Å². The Hall–Kier alpha value is -2.46. The van der Waals surface area contributed by atoms with Gasteiger partial charge >= 0.3 is 0 Å². The van der Waals surface area contributed by atoms with Crippen molar-refractivity contribution < 1.29 is 4.79 Å². The van der Waals surface area contributed by atoms with Gasteiger partial charge in [-0.2, -0.15) is 0 Å². The SMILES string of the molecule is Cc1ccc(N2C(=O)/C(=C/c3ccc(C(C)C)cc3)NC2=S)cc1. The highest BCUT2D eigenvalue weighted by Crippen LogP contribution is 2.23. The number of hydrogen-bond donors (Lipinski definition) is 1. The number of aryl methyl sites for hydroxylation is 1. The van der Waals surface area contributed by atoms with Crippen LogP contribution in [0, 0.1) is 6.92 Å². The van der Waals surface area contributed by atoms with Crippen molar-refractivity contribution in [2.24, 2.45) is 0 Å². The van der Waals surface area contributed by atoms with Gasteiger partial charge < -0.3 is 5.32 Å². The van der Waals surface area contributed by atoms with Gasteiger partial charge in [0.15, 0.2) is 5.11 Å². The maximum Gasteiger partial charge on any atom is 0.281 e. The minimum atomic E-state index is -0.128. The number of carbonyl (C=O) groups excluding carboxylic acids is 1. The molecule has 0 saturated carbocycles. The fourth-order valence-corrected chi connectivity index (χ4v) is 2.91. The number of hydrogen-bond acceptors (Lipinski definition) is 2. The normalized spacial score (nSPS) is 16.2. The van der Waals surface area contributed by atoms with E-state index in [1.165, 1.54) is 10.5 Å². The van der Waals surface area contributed by atoms with Crippen LogP contribution in [0.1, 0.15) is 36.5 Å². The summed E-state index contributed by atoms with van der Waals surface area (Å²) in [5.41, 5.74) is 4.67. The smallest absolute Gasteiger partial charge is 0.281 e. The Kier molecular flexibility index (Phi) is 4.49. The molecular weight excluding hydrogens is 316 g/mol. The Morgan fingerprint density at radius 3 is 2.25 bits per heavy atom. The molecule has 1 amide bonds. The van der Waals surface area contributed by atoms with Crippen LogP contribution in [0.3, 0.4) is 0 Å². The van der Waals surface area contributed by atoms with Crippen LogP contribution in [0.5, 0.6) is 0 Å². The van der Waals surface area contributed by atoms with Crippen molar-refractivity contribution in [3.05, 3.63) is 70.9 Å². The monoisotopic (exact) mass is 336 g/mol. The molecule has 24 heavy (non-hydrogen) atoms. The van der Waals surface area contributed by atoms with Crippen molar-refractivity contribution in [3.8, 4) is 0 Å². The number of benzene rings is 2. The van der Waals surface area contributed by atoms with Crippen LogP contribution in [0.15, 0.2) is 54.2 Å². The van der Waals surface area contributed by atoms with E-state index in [2.05, 4.69) is 31.3 Å². The first-order valence-electron chi connectivity index (χ1n) is 7.99. The van der Waals surface area contributed by atoms with Gasteiger partial charge in [0.25, 0.3) is 5.91 Å². The fourth-order valence-electron chi connectivity index (χ4n) is 2.61. The molecule has 1 fully saturated rings. The zero-order chi connectivity index (χ0) is 17.3. The lowest BCUT2D eigenvalue weighted by atomic mass is 10.0. The van der Waals surface area contributed by atoms with E-state index in [0.29, 0.717) is 16.7 Å². The van der Waals surface area contributed by atoms with Crippen LogP contribution in [0.2, 0.25) is 0 Å². The van der Waals surface area contributed by atoms with Crippen LogP contribution in [0.25, 0.3) is 6.08 Å². The summed E-state index contributed by atoms with van der Waals surface area (Å²) in [6.07, 6.45) is 1.84. The second-order valence-corrected chi connectivity index (χ2v) is 6.67. The predicted octanol–water partition coefficient (Wildman–Crippen LogP) is 4.38. The number of rotatable bonds is 3. The Balaban J connectivity index is 1.86. The lowest BCUT2D eigenvalue weighted by molar-refractivity contribution is -0.113. The standard InChI is InChI=1S/C20H20N2OS/c1-13(2)16-8-6-15(7-9-16)12-18-19(23)22(20(24)21-18)17-10-4-14(3)5-11-17/h4-13H,1-3H3,(H,21,24)/b18-12-. The van der Waals surface area contributed by atoms with Gasteiger partial charge in [-0.15, -0.1) is 0 Å². The third-order valence-corrected chi connectivity index (χ3v) is 4.37. The molecule has 2 aromatic carbocycles. The van der Waals surface area contributed by atoms with Gasteiger partial charge in [-0.1, -0.05) is 55.8 Å². The average Bonchev–Trinajstić information content (AvgIpc) is 2.83. The van der Waals surface area contributed by atoms with Gasteiger partial charge in [0.05, 0.1) is 5.69 Å². The first-order chi connectivity index (χ1) is 11.5. The fraction of sp³-hybridized carbons (Fsp3) is 0.200. The summed E-state index contributed by atoms with van der Waals surface area (Å²) in [6.45, 7) is 6.33. The summed E-state index contributed by atoms with van der Waals surface area (Å²) < 4.78 is 0. The molecule has 3 rings (SSSR count). The Morgan fingerprint density at radius 1 is 1.04 bits per heavy atom. The van der Waals surface area contributed by atoms with Gasteiger partial charge in [0.1, 0.15) is 5.70 Å². The second kappa shape index (κ2) is 6.57. The molecule has 0 radical (unpaired) electrons. The van der Waals surface area contributed by atoms with E-state index < -0.39 is 0 Å². The molecule has 1 aliphatic heterocycles. The highest BCUT2D eigenvalue weighted by atomic mass is 32.1. The summed E-state index contributed by atoms with van der Waals surface area (Å²) >= 11 is 5.33. The van der Waals surface area contributed by atoms with E-state index in [1.54, 1.807) is 0 Å².